The molecule has 20 heavy (non-hydrogen) atoms. The molecule has 0 radical (unpaired) electrons. The number of hydrogen-bond donors (Lipinski definition) is 3. The smallest absolute Gasteiger partial charge is 0.250 e. The fourth-order valence-corrected chi connectivity index (χ4v) is 1.93. The maximum atomic E-state index is 11.0. The molecule has 1 atom stereocenters. The highest BCUT2D eigenvalue weighted by Gasteiger charge is 2.09. The number of aromatic nitrogens is 1. The summed E-state index contributed by atoms with van der Waals surface area (Å²) in [5.74, 6) is 0.199. The average molecular weight is 270 g/mol. The number of benzene rings is 1. The summed E-state index contributed by atoms with van der Waals surface area (Å²) in [5.41, 5.74) is 12.6. The van der Waals surface area contributed by atoms with Crippen molar-refractivity contribution in [3.05, 3.63) is 59.8 Å². The molecular formula is C15H18N4O. The van der Waals surface area contributed by atoms with Crippen LogP contribution in [-0.4, -0.2) is 23.5 Å². The van der Waals surface area contributed by atoms with Gasteiger partial charge in [0.15, 0.2) is 0 Å². The van der Waals surface area contributed by atoms with Gasteiger partial charge in [0.1, 0.15) is 5.82 Å². The van der Waals surface area contributed by atoms with E-state index in [-0.39, 0.29) is 6.04 Å². The van der Waals surface area contributed by atoms with Crippen molar-refractivity contribution in [1.29, 1.82) is 0 Å². The van der Waals surface area contributed by atoms with Crippen LogP contribution in [0.25, 0.3) is 0 Å². The van der Waals surface area contributed by atoms with Crippen molar-refractivity contribution >= 4 is 11.7 Å². The monoisotopic (exact) mass is 270 g/mol. The first kappa shape index (κ1) is 14.0. The van der Waals surface area contributed by atoms with Crippen molar-refractivity contribution in [2.45, 2.75) is 12.5 Å². The van der Waals surface area contributed by atoms with Crippen LogP contribution >= 0.6 is 0 Å². The van der Waals surface area contributed by atoms with E-state index in [4.69, 9.17) is 11.5 Å². The third kappa shape index (κ3) is 3.80. The SMILES string of the molecule is NCC(Cc1ccccc1)Nc1ccc(C(N)=O)cn1. The molecule has 0 aliphatic heterocycles. The Labute approximate surface area is 118 Å². The normalized spacial score (nSPS) is 11.8. The summed E-state index contributed by atoms with van der Waals surface area (Å²) in [4.78, 5) is 15.1. The molecule has 0 bridgehead atoms. The third-order valence-corrected chi connectivity index (χ3v) is 3.01. The first-order chi connectivity index (χ1) is 9.69. The number of nitrogens with two attached hydrogens (primary N) is 2. The van der Waals surface area contributed by atoms with Gasteiger partial charge in [-0.05, 0) is 24.1 Å². The maximum absolute atomic E-state index is 11.0. The van der Waals surface area contributed by atoms with Gasteiger partial charge in [-0.2, -0.15) is 0 Å². The highest BCUT2D eigenvalue weighted by atomic mass is 16.1. The number of nitrogens with zero attached hydrogens (tertiary/aromatic N) is 1. The second-order valence-electron chi connectivity index (χ2n) is 4.56. The van der Waals surface area contributed by atoms with E-state index in [0.717, 1.165) is 6.42 Å². The minimum absolute atomic E-state index is 0.0873. The lowest BCUT2D eigenvalue weighted by atomic mass is 10.1. The van der Waals surface area contributed by atoms with Gasteiger partial charge in [0.2, 0.25) is 5.91 Å². The number of rotatable bonds is 6. The molecule has 0 saturated heterocycles. The fourth-order valence-electron chi connectivity index (χ4n) is 1.93. The Hall–Kier alpha value is -2.40. The number of pyridine rings is 1. The van der Waals surface area contributed by atoms with Crippen molar-refractivity contribution in [2.24, 2.45) is 11.5 Å². The Morgan fingerprint density at radius 3 is 2.50 bits per heavy atom. The molecule has 1 unspecified atom stereocenters. The van der Waals surface area contributed by atoms with Gasteiger partial charge in [-0.3, -0.25) is 4.79 Å². The summed E-state index contributed by atoms with van der Waals surface area (Å²) in [6.45, 7) is 0.494. The molecule has 2 rings (SSSR count). The van der Waals surface area contributed by atoms with E-state index in [9.17, 15) is 4.79 Å². The fraction of sp³-hybridized carbons (Fsp3) is 0.200. The predicted molar refractivity (Wildman–Crippen MR) is 79.4 cm³/mol. The van der Waals surface area contributed by atoms with Gasteiger partial charge in [-0.1, -0.05) is 30.3 Å². The standard InChI is InChI=1S/C15H18N4O/c16-9-13(8-11-4-2-1-3-5-11)19-14-7-6-12(10-18-14)15(17)20/h1-7,10,13H,8-9,16H2,(H2,17,20)(H,18,19). The molecule has 0 aliphatic carbocycles. The van der Waals surface area contributed by atoms with Gasteiger partial charge >= 0.3 is 0 Å². The van der Waals surface area contributed by atoms with E-state index >= 15 is 0 Å². The molecule has 2 aromatic rings. The Balaban J connectivity index is 2.01. The van der Waals surface area contributed by atoms with Gasteiger partial charge in [0, 0.05) is 18.8 Å². The molecule has 0 aliphatic rings. The van der Waals surface area contributed by atoms with Crippen LogP contribution in [0.15, 0.2) is 48.7 Å². The molecule has 5 nitrogen and oxygen atoms in total. The molecule has 104 valence electrons. The molecule has 5 N–H and O–H groups in total. The van der Waals surface area contributed by atoms with E-state index < -0.39 is 5.91 Å². The summed E-state index contributed by atoms with van der Waals surface area (Å²) < 4.78 is 0. The Morgan fingerprint density at radius 1 is 1.20 bits per heavy atom. The van der Waals surface area contributed by atoms with E-state index in [0.29, 0.717) is 17.9 Å². The highest BCUT2D eigenvalue weighted by molar-refractivity contribution is 5.92. The van der Waals surface area contributed by atoms with Crippen LogP contribution in [0, 0.1) is 0 Å². The van der Waals surface area contributed by atoms with E-state index in [1.165, 1.54) is 11.8 Å². The second kappa shape index (κ2) is 6.68. The number of nitrogens with one attached hydrogen (secondary N) is 1. The zero-order valence-corrected chi connectivity index (χ0v) is 11.1. The number of carbonyl (C=O) groups excluding carboxylic acids is 1. The van der Waals surface area contributed by atoms with E-state index in [1.54, 1.807) is 12.1 Å². The lowest BCUT2D eigenvalue weighted by Gasteiger charge is -2.17. The topological polar surface area (TPSA) is 94.0 Å². The van der Waals surface area contributed by atoms with Gasteiger partial charge in [-0.15, -0.1) is 0 Å². The summed E-state index contributed by atoms with van der Waals surface area (Å²) in [6.07, 6.45) is 2.28. The predicted octanol–water partition coefficient (Wildman–Crippen LogP) is 1.16. The number of amides is 1. The van der Waals surface area contributed by atoms with Crippen LogP contribution in [0.3, 0.4) is 0 Å². The molecule has 5 heteroatoms. The third-order valence-electron chi connectivity index (χ3n) is 3.01. The highest BCUT2D eigenvalue weighted by Crippen LogP contribution is 2.09. The molecule has 1 aromatic heterocycles. The van der Waals surface area contributed by atoms with Gasteiger partial charge < -0.3 is 16.8 Å². The second-order valence-corrected chi connectivity index (χ2v) is 4.56. The van der Waals surface area contributed by atoms with Crippen molar-refractivity contribution in [3.8, 4) is 0 Å². The maximum Gasteiger partial charge on any atom is 0.250 e. The number of hydrogen-bond acceptors (Lipinski definition) is 4. The van der Waals surface area contributed by atoms with Crippen molar-refractivity contribution in [2.75, 3.05) is 11.9 Å². The lowest BCUT2D eigenvalue weighted by Crippen LogP contribution is -2.31. The lowest BCUT2D eigenvalue weighted by molar-refractivity contribution is 0.1000. The molecule has 1 amide bonds. The van der Waals surface area contributed by atoms with Crippen LogP contribution in [0.2, 0.25) is 0 Å². The van der Waals surface area contributed by atoms with Gasteiger partial charge in [0.05, 0.1) is 5.56 Å². The molecule has 1 heterocycles. The minimum atomic E-state index is -0.483. The Bertz CT molecular complexity index is 554. The number of primary amides is 1. The number of anilines is 1. The molecule has 1 aromatic carbocycles. The van der Waals surface area contributed by atoms with Gasteiger partial charge in [-0.25, -0.2) is 4.98 Å². The average Bonchev–Trinajstić information content (AvgIpc) is 2.48. The zero-order chi connectivity index (χ0) is 14.4. The van der Waals surface area contributed by atoms with Crippen LogP contribution in [0.4, 0.5) is 5.82 Å². The summed E-state index contributed by atoms with van der Waals surface area (Å²) >= 11 is 0. The number of carbonyl (C=O) groups is 1. The zero-order valence-electron chi connectivity index (χ0n) is 11.1. The largest absolute Gasteiger partial charge is 0.366 e. The van der Waals surface area contributed by atoms with Crippen molar-refractivity contribution in [1.82, 2.24) is 4.98 Å². The summed E-state index contributed by atoms with van der Waals surface area (Å²) in [5, 5.41) is 3.26. The Kier molecular flexibility index (Phi) is 4.68. The van der Waals surface area contributed by atoms with E-state index in [1.807, 2.05) is 18.2 Å². The quantitative estimate of drug-likeness (QED) is 0.734. The molecular weight excluding hydrogens is 252 g/mol. The summed E-state index contributed by atoms with van der Waals surface area (Å²) in [6, 6.07) is 13.6. The first-order valence-electron chi connectivity index (χ1n) is 6.45. The molecule has 0 fully saturated rings. The van der Waals surface area contributed by atoms with E-state index in [2.05, 4.69) is 22.4 Å². The first-order valence-corrected chi connectivity index (χ1v) is 6.45. The molecule has 0 spiro atoms. The van der Waals surface area contributed by atoms with Crippen LogP contribution < -0.4 is 16.8 Å². The van der Waals surface area contributed by atoms with Gasteiger partial charge in [0.25, 0.3) is 0 Å². The molecule has 0 saturated carbocycles. The minimum Gasteiger partial charge on any atom is -0.366 e. The summed E-state index contributed by atoms with van der Waals surface area (Å²) in [7, 11) is 0. The van der Waals surface area contributed by atoms with Crippen LogP contribution in [0.1, 0.15) is 15.9 Å². The van der Waals surface area contributed by atoms with Crippen LogP contribution in [0.5, 0.6) is 0 Å². The van der Waals surface area contributed by atoms with Crippen LogP contribution in [-0.2, 0) is 6.42 Å². The Morgan fingerprint density at radius 2 is 1.95 bits per heavy atom. The van der Waals surface area contributed by atoms with Crippen molar-refractivity contribution < 1.29 is 4.79 Å². The van der Waals surface area contributed by atoms with Crippen molar-refractivity contribution in [3.63, 3.8) is 0 Å².